The largest absolute Gasteiger partial charge is 0.309 e. The van der Waals surface area contributed by atoms with Crippen molar-refractivity contribution in [3.63, 3.8) is 0 Å². The molecule has 0 fully saturated rings. The van der Waals surface area contributed by atoms with Crippen LogP contribution in [0.1, 0.15) is 36.1 Å². The zero-order valence-corrected chi connectivity index (χ0v) is 17.5. The number of fused-ring (bicyclic) bond motifs is 2. The number of nitrogens with zero attached hydrogens (tertiary/aromatic N) is 1. The average Bonchev–Trinajstić information content (AvgIpc) is 2.80. The van der Waals surface area contributed by atoms with Gasteiger partial charge in [-0.1, -0.05) is 105 Å². The van der Waals surface area contributed by atoms with Crippen molar-refractivity contribution in [1.82, 2.24) is 0 Å². The van der Waals surface area contributed by atoms with E-state index in [-0.39, 0.29) is 5.41 Å². The van der Waals surface area contributed by atoms with E-state index in [1.165, 1.54) is 22.5 Å². The standard InChI is InChI=1S/C29H25N/c1-21(22-13-5-4-6-14-22)23-15-7-10-18-26(23)30-27-19-11-8-16-24(27)29(2,3)25-17-9-12-20-28(25)30/h4-20H,1H2,2-3H3. The maximum atomic E-state index is 4.46. The van der Waals surface area contributed by atoms with Gasteiger partial charge in [-0.05, 0) is 40.5 Å². The highest BCUT2D eigenvalue weighted by Crippen LogP contribution is 2.52. The van der Waals surface area contributed by atoms with E-state index in [0.717, 1.165) is 22.4 Å². The molecule has 146 valence electrons. The minimum Gasteiger partial charge on any atom is -0.309 e. The molecule has 0 unspecified atom stereocenters. The number of rotatable bonds is 3. The minimum atomic E-state index is -0.0604. The minimum absolute atomic E-state index is 0.0604. The molecule has 0 radical (unpaired) electrons. The summed E-state index contributed by atoms with van der Waals surface area (Å²) in [6.07, 6.45) is 0. The second kappa shape index (κ2) is 7.03. The number of anilines is 3. The topological polar surface area (TPSA) is 3.24 Å². The van der Waals surface area contributed by atoms with Gasteiger partial charge in [0.05, 0.1) is 17.1 Å². The molecule has 0 amide bonds. The van der Waals surface area contributed by atoms with E-state index in [1.807, 2.05) is 6.07 Å². The quantitative estimate of drug-likeness (QED) is 0.346. The van der Waals surface area contributed by atoms with Crippen molar-refractivity contribution in [1.29, 1.82) is 0 Å². The van der Waals surface area contributed by atoms with Gasteiger partial charge in [-0.25, -0.2) is 0 Å². The van der Waals surface area contributed by atoms with Gasteiger partial charge in [0.2, 0.25) is 0 Å². The predicted octanol–water partition coefficient (Wildman–Crippen LogP) is 7.86. The van der Waals surface area contributed by atoms with E-state index in [9.17, 15) is 0 Å². The van der Waals surface area contributed by atoms with E-state index in [4.69, 9.17) is 0 Å². The van der Waals surface area contributed by atoms with Crippen molar-refractivity contribution in [2.24, 2.45) is 0 Å². The van der Waals surface area contributed by atoms with Crippen LogP contribution in [-0.4, -0.2) is 0 Å². The van der Waals surface area contributed by atoms with Gasteiger partial charge < -0.3 is 4.90 Å². The SMILES string of the molecule is C=C(c1ccccc1)c1ccccc1N1c2ccccc2C(C)(C)c2ccccc21. The molecule has 0 spiro atoms. The van der Waals surface area contributed by atoms with Crippen molar-refractivity contribution in [2.75, 3.05) is 4.90 Å². The molecule has 30 heavy (non-hydrogen) atoms. The molecule has 0 saturated heterocycles. The Hall–Kier alpha value is -3.58. The van der Waals surface area contributed by atoms with Crippen LogP contribution in [0.3, 0.4) is 0 Å². The summed E-state index contributed by atoms with van der Waals surface area (Å²) >= 11 is 0. The Morgan fingerprint density at radius 2 is 1.07 bits per heavy atom. The molecule has 0 atom stereocenters. The van der Waals surface area contributed by atoms with Gasteiger partial charge in [0.1, 0.15) is 0 Å². The van der Waals surface area contributed by atoms with Crippen LogP contribution >= 0.6 is 0 Å². The fourth-order valence-corrected chi connectivity index (χ4v) is 4.65. The molecule has 1 heterocycles. The van der Waals surface area contributed by atoms with E-state index in [0.29, 0.717) is 0 Å². The highest BCUT2D eigenvalue weighted by atomic mass is 15.2. The Morgan fingerprint density at radius 1 is 0.600 bits per heavy atom. The monoisotopic (exact) mass is 387 g/mol. The molecule has 4 aromatic carbocycles. The van der Waals surface area contributed by atoms with Crippen molar-refractivity contribution in [2.45, 2.75) is 19.3 Å². The molecule has 1 aliphatic rings. The summed E-state index contributed by atoms with van der Waals surface area (Å²) in [6.45, 7) is 9.10. The second-order valence-electron chi connectivity index (χ2n) is 8.36. The van der Waals surface area contributed by atoms with Crippen LogP contribution in [0, 0.1) is 0 Å². The average molecular weight is 388 g/mol. The first-order valence-corrected chi connectivity index (χ1v) is 10.4. The van der Waals surface area contributed by atoms with Crippen LogP contribution < -0.4 is 4.90 Å². The molecule has 0 aromatic heterocycles. The van der Waals surface area contributed by atoms with Crippen LogP contribution in [0.25, 0.3) is 5.57 Å². The molecule has 1 aliphatic heterocycles. The molecule has 4 aromatic rings. The molecular formula is C29H25N. The van der Waals surface area contributed by atoms with Gasteiger partial charge in [-0.3, -0.25) is 0 Å². The number of hydrogen-bond acceptors (Lipinski definition) is 1. The third kappa shape index (κ3) is 2.78. The maximum Gasteiger partial charge on any atom is 0.0540 e. The fourth-order valence-electron chi connectivity index (χ4n) is 4.65. The highest BCUT2D eigenvalue weighted by Gasteiger charge is 2.36. The molecule has 1 nitrogen and oxygen atoms in total. The second-order valence-corrected chi connectivity index (χ2v) is 8.36. The Bertz CT molecular complexity index is 1180. The Morgan fingerprint density at radius 3 is 1.67 bits per heavy atom. The lowest BCUT2D eigenvalue weighted by Gasteiger charge is -2.42. The van der Waals surface area contributed by atoms with Gasteiger partial charge >= 0.3 is 0 Å². The summed E-state index contributed by atoms with van der Waals surface area (Å²) < 4.78 is 0. The number of benzene rings is 4. The fraction of sp³-hybridized carbons (Fsp3) is 0.103. The summed E-state index contributed by atoms with van der Waals surface area (Å²) in [4.78, 5) is 2.40. The van der Waals surface area contributed by atoms with Crippen LogP contribution in [0.5, 0.6) is 0 Å². The van der Waals surface area contributed by atoms with Crippen molar-refractivity contribution < 1.29 is 0 Å². The Balaban J connectivity index is 1.76. The lowest BCUT2D eigenvalue weighted by molar-refractivity contribution is 0.632. The highest BCUT2D eigenvalue weighted by molar-refractivity contribution is 5.93. The third-order valence-corrected chi connectivity index (χ3v) is 6.23. The first-order valence-electron chi connectivity index (χ1n) is 10.4. The van der Waals surface area contributed by atoms with E-state index in [2.05, 4.69) is 122 Å². The molecule has 1 heteroatoms. The molecule has 0 saturated carbocycles. The molecule has 0 aliphatic carbocycles. The Kier molecular flexibility index (Phi) is 4.33. The first-order chi connectivity index (χ1) is 14.6. The zero-order chi connectivity index (χ0) is 20.7. The van der Waals surface area contributed by atoms with Crippen molar-refractivity contribution >= 4 is 22.6 Å². The maximum absolute atomic E-state index is 4.46. The van der Waals surface area contributed by atoms with Gasteiger partial charge in [0.15, 0.2) is 0 Å². The van der Waals surface area contributed by atoms with Gasteiger partial charge in [0, 0.05) is 11.0 Å². The lowest BCUT2D eigenvalue weighted by atomic mass is 9.73. The van der Waals surface area contributed by atoms with E-state index < -0.39 is 0 Å². The molecular weight excluding hydrogens is 362 g/mol. The predicted molar refractivity (Wildman–Crippen MR) is 128 cm³/mol. The smallest absolute Gasteiger partial charge is 0.0540 e. The summed E-state index contributed by atoms with van der Waals surface area (Å²) in [7, 11) is 0. The van der Waals surface area contributed by atoms with Crippen LogP contribution in [0.2, 0.25) is 0 Å². The van der Waals surface area contributed by atoms with Crippen molar-refractivity contribution in [3.05, 3.63) is 132 Å². The van der Waals surface area contributed by atoms with E-state index >= 15 is 0 Å². The zero-order valence-electron chi connectivity index (χ0n) is 17.5. The number of hydrogen-bond donors (Lipinski definition) is 0. The summed E-state index contributed by atoms with van der Waals surface area (Å²) in [5, 5.41) is 0. The summed E-state index contributed by atoms with van der Waals surface area (Å²) in [6, 6.07) is 36.5. The third-order valence-electron chi connectivity index (χ3n) is 6.23. The first kappa shape index (κ1) is 18.4. The summed E-state index contributed by atoms with van der Waals surface area (Å²) in [5.74, 6) is 0. The van der Waals surface area contributed by atoms with Gasteiger partial charge in [0.25, 0.3) is 0 Å². The normalized spacial score (nSPS) is 14.0. The molecule has 0 bridgehead atoms. The van der Waals surface area contributed by atoms with Crippen LogP contribution in [-0.2, 0) is 5.41 Å². The van der Waals surface area contributed by atoms with Crippen LogP contribution in [0.15, 0.2) is 110 Å². The Labute approximate surface area is 178 Å². The summed E-state index contributed by atoms with van der Waals surface area (Å²) in [5.41, 5.74) is 9.55. The van der Waals surface area contributed by atoms with Crippen molar-refractivity contribution in [3.8, 4) is 0 Å². The lowest BCUT2D eigenvalue weighted by Crippen LogP contribution is -2.30. The number of para-hydroxylation sites is 3. The molecule has 5 rings (SSSR count). The van der Waals surface area contributed by atoms with Gasteiger partial charge in [-0.15, -0.1) is 0 Å². The molecule has 0 N–H and O–H groups in total. The van der Waals surface area contributed by atoms with Gasteiger partial charge in [-0.2, -0.15) is 0 Å². The van der Waals surface area contributed by atoms with Crippen LogP contribution in [0.4, 0.5) is 17.1 Å². The van der Waals surface area contributed by atoms with E-state index in [1.54, 1.807) is 0 Å².